The van der Waals surface area contributed by atoms with Gasteiger partial charge in [-0.3, -0.25) is 4.98 Å². The minimum atomic E-state index is 0.557. The van der Waals surface area contributed by atoms with Gasteiger partial charge in [0, 0.05) is 11.4 Å². The summed E-state index contributed by atoms with van der Waals surface area (Å²) < 4.78 is 0. The first-order chi connectivity index (χ1) is 7.88. The molecular formula is C10H13N5S. The highest BCUT2D eigenvalue weighted by Gasteiger charge is 1.97. The standard InChI is InChI=1S/C10H13N5S/c11-15-10-7-12-6-9(14-10)13-4-3-8-2-1-5-16-8/h1-2,5-7H,3-4,11H2,(H2,13,14,15). The third kappa shape index (κ3) is 2.91. The second-order valence-electron chi connectivity index (χ2n) is 3.19. The smallest absolute Gasteiger partial charge is 0.160 e. The Balaban J connectivity index is 1.85. The van der Waals surface area contributed by atoms with Gasteiger partial charge in [-0.25, -0.2) is 10.8 Å². The van der Waals surface area contributed by atoms with E-state index in [1.54, 1.807) is 23.7 Å². The molecule has 0 spiro atoms. The molecule has 0 fully saturated rings. The predicted octanol–water partition coefficient (Wildman–Crippen LogP) is 1.48. The largest absolute Gasteiger partial charge is 0.368 e. The summed E-state index contributed by atoms with van der Waals surface area (Å²) in [5, 5.41) is 5.27. The number of nitrogen functional groups attached to an aromatic ring is 1. The maximum Gasteiger partial charge on any atom is 0.160 e. The van der Waals surface area contributed by atoms with E-state index in [0.29, 0.717) is 5.82 Å². The molecule has 2 heterocycles. The summed E-state index contributed by atoms with van der Waals surface area (Å²) in [6, 6.07) is 4.18. The molecule has 2 aromatic rings. The number of anilines is 2. The average molecular weight is 235 g/mol. The molecule has 0 aliphatic rings. The fourth-order valence-electron chi connectivity index (χ4n) is 1.29. The number of nitrogens with zero attached hydrogens (tertiary/aromatic N) is 2. The molecule has 0 radical (unpaired) electrons. The average Bonchev–Trinajstić information content (AvgIpc) is 2.82. The highest BCUT2D eigenvalue weighted by molar-refractivity contribution is 7.09. The SMILES string of the molecule is NNc1cncc(NCCc2cccs2)n1. The number of hydrogen-bond donors (Lipinski definition) is 3. The Kier molecular flexibility index (Phi) is 3.68. The Labute approximate surface area is 97.7 Å². The van der Waals surface area contributed by atoms with E-state index in [1.165, 1.54) is 4.88 Å². The molecule has 2 rings (SSSR count). The molecule has 0 aromatic carbocycles. The van der Waals surface area contributed by atoms with E-state index in [9.17, 15) is 0 Å². The Bertz CT molecular complexity index is 429. The van der Waals surface area contributed by atoms with Crippen molar-refractivity contribution in [3.63, 3.8) is 0 Å². The van der Waals surface area contributed by atoms with Crippen LogP contribution in [0.25, 0.3) is 0 Å². The maximum absolute atomic E-state index is 5.25. The normalized spacial score (nSPS) is 10.1. The minimum absolute atomic E-state index is 0.557. The Morgan fingerprint density at radius 3 is 2.94 bits per heavy atom. The number of nitrogens with two attached hydrogens (primary N) is 1. The van der Waals surface area contributed by atoms with Crippen LogP contribution in [-0.4, -0.2) is 16.5 Å². The van der Waals surface area contributed by atoms with Crippen molar-refractivity contribution in [1.82, 2.24) is 9.97 Å². The molecule has 16 heavy (non-hydrogen) atoms. The molecule has 0 unspecified atom stereocenters. The van der Waals surface area contributed by atoms with Gasteiger partial charge < -0.3 is 10.7 Å². The molecule has 0 amide bonds. The van der Waals surface area contributed by atoms with Crippen molar-refractivity contribution in [2.75, 3.05) is 17.3 Å². The first kappa shape index (κ1) is 10.8. The number of aromatic nitrogens is 2. The molecule has 0 saturated carbocycles. The fourth-order valence-corrected chi connectivity index (χ4v) is 2.00. The number of thiophene rings is 1. The van der Waals surface area contributed by atoms with Crippen LogP contribution in [0.4, 0.5) is 11.6 Å². The summed E-state index contributed by atoms with van der Waals surface area (Å²) in [4.78, 5) is 9.57. The van der Waals surface area contributed by atoms with Crippen LogP contribution in [0.2, 0.25) is 0 Å². The van der Waals surface area contributed by atoms with Crippen LogP contribution in [0.1, 0.15) is 4.88 Å². The number of hydrogen-bond acceptors (Lipinski definition) is 6. The van der Waals surface area contributed by atoms with Gasteiger partial charge in [0.05, 0.1) is 12.4 Å². The molecule has 0 bridgehead atoms. The fraction of sp³-hybridized carbons (Fsp3) is 0.200. The summed E-state index contributed by atoms with van der Waals surface area (Å²) in [6.07, 6.45) is 4.24. The predicted molar refractivity (Wildman–Crippen MR) is 66.4 cm³/mol. The zero-order valence-electron chi connectivity index (χ0n) is 8.68. The molecule has 5 nitrogen and oxygen atoms in total. The van der Waals surface area contributed by atoms with Crippen molar-refractivity contribution < 1.29 is 0 Å². The molecule has 2 aromatic heterocycles. The van der Waals surface area contributed by atoms with E-state index in [-0.39, 0.29) is 0 Å². The summed E-state index contributed by atoms with van der Waals surface area (Å²) >= 11 is 1.76. The number of rotatable bonds is 5. The lowest BCUT2D eigenvalue weighted by molar-refractivity contribution is 1.02. The minimum Gasteiger partial charge on any atom is -0.368 e. The lowest BCUT2D eigenvalue weighted by Crippen LogP contribution is -2.11. The van der Waals surface area contributed by atoms with Crippen LogP contribution in [0.3, 0.4) is 0 Å². The van der Waals surface area contributed by atoms with E-state index >= 15 is 0 Å². The van der Waals surface area contributed by atoms with Crippen LogP contribution in [-0.2, 0) is 6.42 Å². The zero-order valence-corrected chi connectivity index (χ0v) is 9.50. The Morgan fingerprint density at radius 1 is 1.31 bits per heavy atom. The Morgan fingerprint density at radius 2 is 2.19 bits per heavy atom. The first-order valence-corrected chi connectivity index (χ1v) is 5.81. The van der Waals surface area contributed by atoms with Gasteiger partial charge in [-0.1, -0.05) is 6.07 Å². The van der Waals surface area contributed by atoms with Gasteiger partial charge in [-0.15, -0.1) is 11.3 Å². The van der Waals surface area contributed by atoms with Crippen LogP contribution in [0, 0.1) is 0 Å². The first-order valence-electron chi connectivity index (χ1n) is 4.93. The third-order valence-electron chi connectivity index (χ3n) is 2.04. The van der Waals surface area contributed by atoms with E-state index in [4.69, 9.17) is 5.84 Å². The van der Waals surface area contributed by atoms with Crippen molar-refractivity contribution in [3.8, 4) is 0 Å². The highest BCUT2D eigenvalue weighted by Crippen LogP contribution is 2.10. The lowest BCUT2D eigenvalue weighted by Gasteiger charge is -2.05. The second kappa shape index (κ2) is 5.43. The van der Waals surface area contributed by atoms with Crippen LogP contribution >= 0.6 is 11.3 Å². The van der Waals surface area contributed by atoms with Crippen molar-refractivity contribution in [2.24, 2.45) is 5.84 Å². The van der Waals surface area contributed by atoms with Crippen LogP contribution < -0.4 is 16.6 Å². The third-order valence-corrected chi connectivity index (χ3v) is 2.98. The topological polar surface area (TPSA) is 75.9 Å². The monoisotopic (exact) mass is 235 g/mol. The lowest BCUT2D eigenvalue weighted by atomic mass is 10.3. The maximum atomic E-state index is 5.25. The van der Waals surface area contributed by atoms with Crippen molar-refractivity contribution >= 4 is 23.0 Å². The van der Waals surface area contributed by atoms with Gasteiger partial charge >= 0.3 is 0 Å². The van der Waals surface area contributed by atoms with Gasteiger partial charge in [0.2, 0.25) is 0 Å². The molecule has 0 atom stereocenters. The molecule has 0 aliphatic heterocycles. The van der Waals surface area contributed by atoms with Crippen LogP contribution in [0.15, 0.2) is 29.9 Å². The van der Waals surface area contributed by atoms with Crippen LogP contribution in [0.5, 0.6) is 0 Å². The molecule has 4 N–H and O–H groups in total. The molecule has 0 aliphatic carbocycles. The second-order valence-corrected chi connectivity index (χ2v) is 4.22. The van der Waals surface area contributed by atoms with E-state index in [1.807, 2.05) is 0 Å². The molecule has 0 saturated heterocycles. The van der Waals surface area contributed by atoms with E-state index in [2.05, 4.69) is 38.2 Å². The van der Waals surface area contributed by atoms with Crippen molar-refractivity contribution in [3.05, 3.63) is 34.8 Å². The summed E-state index contributed by atoms with van der Waals surface area (Å²) in [5.74, 6) is 6.53. The van der Waals surface area contributed by atoms with Gasteiger partial charge in [0.25, 0.3) is 0 Å². The summed E-state index contributed by atoms with van der Waals surface area (Å²) in [6.45, 7) is 0.837. The van der Waals surface area contributed by atoms with Gasteiger partial charge in [-0.2, -0.15) is 0 Å². The number of hydrazine groups is 1. The van der Waals surface area contributed by atoms with Crippen molar-refractivity contribution in [1.29, 1.82) is 0 Å². The quantitative estimate of drug-likeness (QED) is 0.540. The zero-order chi connectivity index (χ0) is 11.2. The number of nitrogens with one attached hydrogen (secondary N) is 2. The molecule has 6 heteroatoms. The Hall–Kier alpha value is -1.66. The van der Waals surface area contributed by atoms with Gasteiger partial charge in [0.15, 0.2) is 5.82 Å². The molecule has 84 valence electrons. The van der Waals surface area contributed by atoms with Gasteiger partial charge in [-0.05, 0) is 17.9 Å². The van der Waals surface area contributed by atoms with Crippen molar-refractivity contribution in [2.45, 2.75) is 6.42 Å². The summed E-state index contributed by atoms with van der Waals surface area (Å²) in [7, 11) is 0. The van der Waals surface area contributed by atoms with E-state index < -0.39 is 0 Å². The van der Waals surface area contributed by atoms with Gasteiger partial charge in [0.1, 0.15) is 5.82 Å². The van der Waals surface area contributed by atoms with E-state index in [0.717, 1.165) is 18.8 Å². The summed E-state index contributed by atoms with van der Waals surface area (Å²) in [5.41, 5.74) is 2.46. The highest BCUT2D eigenvalue weighted by atomic mass is 32.1. The molecular weight excluding hydrogens is 222 g/mol.